The summed E-state index contributed by atoms with van der Waals surface area (Å²) in [4.78, 5) is 40.4. The van der Waals surface area contributed by atoms with E-state index < -0.39 is 45.4 Å². The minimum absolute atomic E-state index is 0.0528. The molecular formula is C18H11ClF2N6O4S2. The van der Waals surface area contributed by atoms with Gasteiger partial charge in [0.15, 0.2) is 10.7 Å². The molecule has 33 heavy (non-hydrogen) atoms. The third-order valence-corrected chi connectivity index (χ3v) is 6.95. The van der Waals surface area contributed by atoms with E-state index in [1.54, 1.807) is 12.1 Å². The highest BCUT2D eigenvalue weighted by Crippen LogP contribution is 2.44. The topological polar surface area (TPSA) is 157 Å². The lowest BCUT2D eigenvalue weighted by Crippen LogP contribution is -2.17. The second-order valence-corrected chi connectivity index (χ2v) is 9.27. The number of hydrogen-bond donors (Lipinski definition) is 3. The van der Waals surface area contributed by atoms with Gasteiger partial charge in [0.05, 0.1) is 5.69 Å². The smallest absolute Gasteiger partial charge is 0.362 e. The quantitative estimate of drug-likeness (QED) is 0.246. The average Bonchev–Trinajstić information content (AvgIpc) is 3.44. The van der Waals surface area contributed by atoms with E-state index in [9.17, 15) is 28.5 Å². The number of amides is 2. The Balaban J connectivity index is 1.93. The summed E-state index contributed by atoms with van der Waals surface area (Å²) in [6.07, 6.45) is -2.88. The zero-order valence-corrected chi connectivity index (χ0v) is 18.7. The van der Waals surface area contributed by atoms with Crippen molar-refractivity contribution < 1.29 is 23.3 Å². The van der Waals surface area contributed by atoms with Crippen molar-refractivity contribution >= 4 is 67.8 Å². The van der Waals surface area contributed by atoms with Crippen molar-refractivity contribution in [2.45, 2.75) is 13.3 Å². The summed E-state index contributed by atoms with van der Waals surface area (Å²) in [5.41, 5.74) is 4.69. The van der Waals surface area contributed by atoms with E-state index in [0.717, 1.165) is 16.2 Å². The molecule has 10 nitrogen and oxygen atoms in total. The molecule has 15 heteroatoms. The van der Waals surface area contributed by atoms with Crippen LogP contribution in [0, 0.1) is 17.0 Å². The Morgan fingerprint density at radius 2 is 2.06 bits per heavy atom. The highest BCUT2D eigenvalue weighted by Gasteiger charge is 2.29. The first-order valence-electron chi connectivity index (χ1n) is 8.90. The number of alkyl halides is 2. The van der Waals surface area contributed by atoms with Crippen molar-refractivity contribution in [3.05, 3.63) is 54.5 Å². The lowest BCUT2D eigenvalue weighted by atomic mass is 10.1. The number of halogens is 3. The van der Waals surface area contributed by atoms with Crippen LogP contribution in [0.25, 0.3) is 20.7 Å². The standard InChI is InChI=1S/C18H11ClF2N6O4S2/c1-5-2-3-8(32-5)6-4-7(14(20)21)23-18-9(6)11(13(33-18)15(22)28)24-17(29)12-10(19)16(26-25-12)27(30)31/h2-4,14H,1H3,(H2,22,28)(H,24,29)(H,25,26). The van der Waals surface area contributed by atoms with Crippen LogP contribution in [0.2, 0.25) is 5.02 Å². The molecule has 0 saturated carbocycles. The molecule has 2 amide bonds. The van der Waals surface area contributed by atoms with Crippen LogP contribution in [0.1, 0.15) is 37.2 Å². The molecule has 0 unspecified atom stereocenters. The molecule has 0 aliphatic heterocycles. The van der Waals surface area contributed by atoms with Gasteiger partial charge in [-0.1, -0.05) is 16.7 Å². The molecular weight excluding hydrogens is 502 g/mol. The zero-order chi connectivity index (χ0) is 24.0. The maximum Gasteiger partial charge on any atom is 0.362 e. The molecule has 0 spiro atoms. The number of hydrogen-bond acceptors (Lipinski definition) is 8. The third kappa shape index (κ3) is 4.03. The number of primary amides is 1. The van der Waals surface area contributed by atoms with Gasteiger partial charge in [-0.3, -0.25) is 9.59 Å². The van der Waals surface area contributed by atoms with Gasteiger partial charge in [-0.05, 0) is 30.0 Å². The van der Waals surface area contributed by atoms with Crippen LogP contribution in [0.15, 0.2) is 18.2 Å². The fourth-order valence-electron chi connectivity index (χ4n) is 3.06. The second-order valence-electron chi connectivity index (χ2n) is 6.60. The number of fused-ring (bicyclic) bond motifs is 1. The molecule has 0 aliphatic rings. The van der Waals surface area contributed by atoms with Crippen LogP contribution in [0.4, 0.5) is 20.3 Å². The van der Waals surface area contributed by atoms with E-state index in [0.29, 0.717) is 10.4 Å². The molecule has 4 aromatic rings. The maximum absolute atomic E-state index is 13.5. The normalized spacial score (nSPS) is 11.3. The predicted octanol–water partition coefficient (Wildman–Crippen LogP) is 4.91. The molecule has 0 bridgehead atoms. The monoisotopic (exact) mass is 512 g/mol. The summed E-state index contributed by atoms with van der Waals surface area (Å²) in [6.45, 7) is 1.83. The number of pyridine rings is 1. The van der Waals surface area contributed by atoms with Crippen LogP contribution < -0.4 is 11.1 Å². The number of carbonyl (C=O) groups excluding carboxylic acids is 2. The van der Waals surface area contributed by atoms with Crippen LogP contribution >= 0.6 is 34.3 Å². The lowest BCUT2D eigenvalue weighted by Gasteiger charge is -2.09. The molecule has 0 radical (unpaired) electrons. The Labute approximate surface area is 195 Å². The third-order valence-electron chi connectivity index (χ3n) is 4.46. The molecule has 4 heterocycles. The molecule has 0 saturated heterocycles. The van der Waals surface area contributed by atoms with Crippen LogP contribution in [-0.4, -0.2) is 31.9 Å². The van der Waals surface area contributed by atoms with Crippen molar-refractivity contribution in [3.8, 4) is 10.4 Å². The molecule has 0 aliphatic carbocycles. The van der Waals surface area contributed by atoms with Gasteiger partial charge in [-0.15, -0.1) is 27.8 Å². The largest absolute Gasteiger partial charge is 0.365 e. The van der Waals surface area contributed by atoms with E-state index in [4.69, 9.17) is 17.3 Å². The molecule has 4 N–H and O–H groups in total. The van der Waals surface area contributed by atoms with Crippen molar-refractivity contribution in [2.24, 2.45) is 5.73 Å². The van der Waals surface area contributed by atoms with E-state index >= 15 is 0 Å². The summed E-state index contributed by atoms with van der Waals surface area (Å²) in [5, 5.41) is 18.7. The average molecular weight is 513 g/mol. The van der Waals surface area contributed by atoms with Gasteiger partial charge in [0.25, 0.3) is 18.2 Å². The highest BCUT2D eigenvalue weighted by molar-refractivity contribution is 7.21. The number of H-pyrrole nitrogens is 1. The molecule has 170 valence electrons. The lowest BCUT2D eigenvalue weighted by molar-refractivity contribution is -0.389. The highest BCUT2D eigenvalue weighted by atomic mass is 35.5. The first-order chi connectivity index (χ1) is 15.6. The van der Waals surface area contributed by atoms with Crippen LogP contribution in [0.3, 0.4) is 0 Å². The number of rotatable bonds is 6. The van der Waals surface area contributed by atoms with Crippen molar-refractivity contribution in [1.29, 1.82) is 0 Å². The van der Waals surface area contributed by atoms with Gasteiger partial charge in [-0.25, -0.2) is 13.8 Å². The number of nitro groups is 1. The van der Waals surface area contributed by atoms with Crippen LogP contribution in [-0.2, 0) is 0 Å². The van der Waals surface area contributed by atoms with Gasteiger partial charge >= 0.3 is 5.82 Å². The van der Waals surface area contributed by atoms with E-state index in [1.807, 2.05) is 12.0 Å². The number of nitrogens with zero attached hydrogens (tertiary/aromatic N) is 3. The van der Waals surface area contributed by atoms with Gasteiger partial charge in [0.1, 0.15) is 15.4 Å². The summed E-state index contributed by atoms with van der Waals surface area (Å²) in [6, 6.07) is 4.68. The molecule has 4 rings (SSSR count). The first kappa shape index (κ1) is 22.7. The number of aromatic nitrogens is 3. The van der Waals surface area contributed by atoms with E-state index in [2.05, 4.69) is 15.4 Å². The van der Waals surface area contributed by atoms with Gasteiger partial charge in [0.2, 0.25) is 0 Å². The predicted molar refractivity (Wildman–Crippen MR) is 119 cm³/mol. The number of nitrogens with one attached hydrogen (secondary N) is 2. The van der Waals surface area contributed by atoms with Crippen LogP contribution in [0.5, 0.6) is 0 Å². The number of nitrogens with two attached hydrogens (primary N) is 1. The Kier molecular flexibility index (Phi) is 5.82. The van der Waals surface area contributed by atoms with Crippen molar-refractivity contribution in [3.63, 3.8) is 0 Å². The fourth-order valence-corrected chi connectivity index (χ4v) is 5.20. The summed E-state index contributed by atoms with van der Waals surface area (Å²) in [7, 11) is 0. The Morgan fingerprint density at radius 1 is 1.33 bits per heavy atom. The van der Waals surface area contributed by atoms with Gasteiger partial charge < -0.3 is 21.2 Å². The number of thiophene rings is 2. The summed E-state index contributed by atoms with van der Waals surface area (Å²) < 4.78 is 27.0. The Hall–Kier alpha value is -3.49. The molecule has 4 aromatic heterocycles. The van der Waals surface area contributed by atoms with Gasteiger partial charge in [-0.2, -0.15) is 0 Å². The zero-order valence-electron chi connectivity index (χ0n) is 16.3. The number of aromatic amines is 1. The molecule has 0 atom stereocenters. The van der Waals surface area contributed by atoms with Crippen molar-refractivity contribution in [2.75, 3.05) is 5.32 Å². The Bertz CT molecular complexity index is 1450. The summed E-state index contributed by atoms with van der Waals surface area (Å²) in [5.74, 6) is -2.60. The van der Waals surface area contributed by atoms with Gasteiger partial charge in [0, 0.05) is 20.7 Å². The first-order valence-corrected chi connectivity index (χ1v) is 10.9. The van der Waals surface area contributed by atoms with E-state index in [1.165, 1.54) is 17.4 Å². The maximum atomic E-state index is 13.5. The molecule has 0 aromatic carbocycles. The number of anilines is 1. The Morgan fingerprint density at radius 3 is 2.61 bits per heavy atom. The second kappa shape index (κ2) is 8.46. The molecule has 0 fully saturated rings. The van der Waals surface area contributed by atoms with Crippen molar-refractivity contribution in [1.82, 2.24) is 15.2 Å². The number of carbonyl (C=O) groups is 2. The summed E-state index contributed by atoms with van der Waals surface area (Å²) >= 11 is 7.93. The number of aryl methyl sites for hydroxylation is 1. The minimum atomic E-state index is -2.88. The SMILES string of the molecule is Cc1ccc(-c2cc(C(F)F)nc3sc(C(N)=O)c(NC(=O)c4n[nH]c([N+](=O)[O-])c4Cl)c23)s1. The fraction of sp³-hybridized carbons (Fsp3) is 0.111. The minimum Gasteiger partial charge on any atom is -0.365 e. The van der Waals surface area contributed by atoms with E-state index in [-0.39, 0.29) is 20.8 Å².